The second-order valence-corrected chi connectivity index (χ2v) is 7.70. The largest absolute Gasteiger partial charge is 0.493 e. The summed E-state index contributed by atoms with van der Waals surface area (Å²) in [6.45, 7) is 2.08. The van der Waals surface area contributed by atoms with E-state index in [1.54, 1.807) is 28.3 Å². The van der Waals surface area contributed by atoms with Gasteiger partial charge in [0.15, 0.2) is 11.5 Å². The second-order valence-electron chi connectivity index (χ2n) is 5.70. The normalized spacial score (nSPS) is 10.8. The number of fused-ring (bicyclic) bond motifs is 1. The van der Waals surface area contributed by atoms with Crippen molar-refractivity contribution in [2.75, 3.05) is 27.9 Å². The molecule has 0 saturated carbocycles. The molecule has 0 unspecified atom stereocenters. The van der Waals surface area contributed by atoms with Gasteiger partial charge in [0.05, 0.1) is 32.8 Å². The Morgan fingerprint density at radius 1 is 1.07 bits per heavy atom. The van der Waals surface area contributed by atoms with Crippen molar-refractivity contribution in [2.45, 2.75) is 16.7 Å². The quantitative estimate of drug-likeness (QED) is 0.478. The molecule has 0 bridgehead atoms. The molecule has 6 nitrogen and oxygen atoms in total. The lowest BCUT2D eigenvalue weighted by Gasteiger charge is -2.14. The molecule has 0 aliphatic carbocycles. The minimum absolute atomic E-state index is 0.298. The fourth-order valence-corrected chi connectivity index (χ4v) is 4.27. The molecule has 3 rings (SSSR count). The molecule has 0 atom stereocenters. The Morgan fingerprint density at radius 3 is 2.32 bits per heavy atom. The van der Waals surface area contributed by atoms with E-state index < -0.39 is 5.97 Å². The standard InChI is InChI=1S/C20H20BrNO5S/c1-5-27-20(23)17-19(13-8-11(21)6-7-14(13)22-17)28-12-9-15(24-2)18(26-4)16(10-12)25-3/h6-10,22H,5H2,1-4H3. The maximum absolute atomic E-state index is 12.5. The Hall–Kier alpha value is -2.32. The van der Waals surface area contributed by atoms with E-state index in [1.165, 1.54) is 11.8 Å². The summed E-state index contributed by atoms with van der Waals surface area (Å²) in [6.07, 6.45) is 0. The fraction of sp³-hybridized carbons (Fsp3) is 0.250. The zero-order chi connectivity index (χ0) is 20.3. The van der Waals surface area contributed by atoms with Gasteiger partial charge < -0.3 is 23.9 Å². The van der Waals surface area contributed by atoms with E-state index in [0.717, 1.165) is 25.2 Å². The van der Waals surface area contributed by atoms with Crippen molar-refractivity contribution in [3.8, 4) is 17.2 Å². The van der Waals surface area contributed by atoms with E-state index in [2.05, 4.69) is 20.9 Å². The third kappa shape index (κ3) is 3.93. The van der Waals surface area contributed by atoms with E-state index in [4.69, 9.17) is 18.9 Å². The number of aromatic amines is 1. The highest BCUT2D eigenvalue weighted by Gasteiger charge is 2.22. The van der Waals surface area contributed by atoms with Gasteiger partial charge in [0, 0.05) is 20.3 Å². The van der Waals surface area contributed by atoms with Gasteiger partial charge in [-0.2, -0.15) is 0 Å². The molecule has 0 amide bonds. The van der Waals surface area contributed by atoms with Crippen molar-refractivity contribution in [3.05, 3.63) is 40.5 Å². The molecule has 1 N–H and O–H groups in total. The summed E-state index contributed by atoms with van der Waals surface area (Å²) in [4.78, 5) is 17.3. The summed E-state index contributed by atoms with van der Waals surface area (Å²) < 4.78 is 22.4. The highest BCUT2D eigenvalue weighted by atomic mass is 79.9. The van der Waals surface area contributed by atoms with Crippen LogP contribution in [-0.4, -0.2) is 38.9 Å². The summed E-state index contributed by atoms with van der Waals surface area (Å²) in [6, 6.07) is 9.49. The monoisotopic (exact) mass is 465 g/mol. The predicted molar refractivity (Wildman–Crippen MR) is 112 cm³/mol. The Balaban J connectivity index is 2.14. The fourth-order valence-electron chi connectivity index (χ4n) is 2.83. The van der Waals surface area contributed by atoms with E-state index in [0.29, 0.717) is 29.5 Å². The first-order chi connectivity index (χ1) is 13.5. The summed E-state index contributed by atoms with van der Waals surface area (Å²) >= 11 is 4.92. The number of nitrogens with one attached hydrogen (secondary N) is 1. The molecule has 0 spiro atoms. The van der Waals surface area contributed by atoms with E-state index in [1.807, 2.05) is 30.3 Å². The van der Waals surface area contributed by atoms with Crippen molar-refractivity contribution >= 4 is 44.6 Å². The van der Waals surface area contributed by atoms with Crippen LogP contribution in [0.15, 0.2) is 44.6 Å². The lowest BCUT2D eigenvalue weighted by atomic mass is 10.2. The minimum atomic E-state index is -0.398. The van der Waals surface area contributed by atoms with Crippen LogP contribution < -0.4 is 14.2 Å². The molecule has 0 aliphatic heterocycles. The van der Waals surface area contributed by atoms with Gasteiger partial charge in [-0.1, -0.05) is 27.7 Å². The Kier molecular flexibility index (Phi) is 6.41. The molecule has 1 aromatic heterocycles. The lowest BCUT2D eigenvalue weighted by molar-refractivity contribution is 0.0516. The number of carbonyl (C=O) groups excluding carboxylic acids is 1. The van der Waals surface area contributed by atoms with Crippen molar-refractivity contribution in [1.29, 1.82) is 0 Å². The third-order valence-corrected chi connectivity index (χ3v) is 5.64. The van der Waals surface area contributed by atoms with E-state index in [-0.39, 0.29) is 0 Å². The predicted octanol–water partition coefficient (Wildman–Crippen LogP) is 5.28. The van der Waals surface area contributed by atoms with Gasteiger partial charge in [-0.05, 0) is 37.3 Å². The molecule has 0 aliphatic rings. The summed E-state index contributed by atoms with van der Waals surface area (Å²) in [5, 5.41) is 0.913. The Morgan fingerprint density at radius 2 is 1.75 bits per heavy atom. The molecular formula is C20H20BrNO5S. The van der Waals surface area contributed by atoms with Crippen LogP contribution in [-0.2, 0) is 4.74 Å². The number of halogens is 1. The van der Waals surface area contributed by atoms with Gasteiger partial charge in [0.2, 0.25) is 5.75 Å². The number of benzene rings is 2. The molecule has 28 heavy (non-hydrogen) atoms. The number of H-pyrrole nitrogens is 1. The highest BCUT2D eigenvalue weighted by molar-refractivity contribution is 9.10. The molecular weight excluding hydrogens is 446 g/mol. The van der Waals surface area contributed by atoms with E-state index >= 15 is 0 Å². The molecule has 8 heteroatoms. The van der Waals surface area contributed by atoms with Crippen LogP contribution >= 0.6 is 27.7 Å². The zero-order valence-corrected chi connectivity index (χ0v) is 18.3. The average molecular weight is 466 g/mol. The van der Waals surface area contributed by atoms with Gasteiger partial charge in [-0.15, -0.1) is 0 Å². The number of ether oxygens (including phenoxy) is 4. The maximum atomic E-state index is 12.5. The van der Waals surface area contributed by atoms with Gasteiger partial charge in [-0.25, -0.2) is 4.79 Å². The van der Waals surface area contributed by atoms with Crippen molar-refractivity contribution in [2.24, 2.45) is 0 Å². The summed E-state index contributed by atoms with van der Waals surface area (Å²) in [5.74, 6) is 1.21. The summed E-state index contributed by atoms with van der Waals surface area (Å²) in [5.41, 5.74) is 1.26. The van der Waals surface area contributed by atoms with Crippen LogP contribution in [0.4, 0.5) is 0 Å². The van der Waals surface area contributed by atoms with Crippen molar-refractivity contribution in [1.82, 2.24) is 4.98 Å². The number of hydrogen-bond donors (Lipinski definition) is 1. The Bertz CT molecular complexity index is 992. The second kappa shape index (κ2) is 8.79. The number of methoxy groups -OCH3 is 3. The van der Waals surface area contributed by atoms with Gasteiger partial charge >= 0.3 is 5.97 Å². The number of rotatable bonds is 7. The first-order valence-electron chi connectivity index (χ1n) is 8.48. The van der Waals surface area contributed by atoms with Crippen molar-refractivity contribution < 1.29 is 23.7 Å². The van der Waals surface area contributed by atoms with Crippen LogP contribution in [0.25, 0.3) is 10.9 Å². The zero-order valence-electron chi connectivity index (χ0n) is 15.9. The van der Waals surface area contributed by atoms with Crippen LogP contribution in [0.2, 0.25) is 0 Å². The first kappa shape index (κ1) is 20.4. The van der Waals surface area contributed by atoms with Crippen LogP contribution in [0.1, 0.15) is 17.4 Å². The molecule has 0 saturated heterocycles. The summed E-state index contributed by atoms with van der Waals surface area (Å²) in [7, 11) is 4.69. The SMILES string of the molecule is CCOC(=O)c1[nH]c2ccc(Br)cc2c1Sc1cc(OC)c(OC)c(OC)c1. The highest BCUT2D eigenvalue weighted by Crippen LogP contribution is 2.45. The molecule has 148 valence electrons. The molecule has 0 fully saturated rings. The molecule has 0 radical (unpaired) electrons. The lowest BCUT2D eigenvalue weighted by Crippen LogP contribution is -2.06. The number of aromatic nitrogens is 1. The first-order valence-corrected chi connectivity index (χ1v) is 10.1. The smallest absolute Gasteiger partial charge is 0.355 e. The van der Waals surface area contributed by atoms with Gasteiger partial charge in [-0.3, -0.25) is 0 Å². The van der Waals surface area contributed by atoms with Crippen LogP contribution in [0, 0.1) is 0 Å². The van der Waals surface area contributed by atoms with Crippen molar-refractivity contribution in [3.63, 3.8) is 0 Å². The van der Waals surface area contributed by atoms with E-state index in [9.17, 15) is 4.79 Å². The number of esters is 1. The Labute approximate surface area is 175 Å². The van der Waals surface area contributed by atoms with Crippen LogP contribution in [0.3, 0.4) is 0 Å². The topological polar surface area (TPSA) is 69.8 Å². The third-order valence-electron chi connectivity index (χ3n) is 4.05. The molecule has 1 heterocycles. The number of hydrogen-bond acceptors (Lipinski definition) is 6. The van der Waals surface area contributed by atoms with Gasteiger partial charge in [0.1, 0.15) is 5.69 Å². The molecule has 3 aromatic rings. The van der Waals surface area contributed by atoms with Crippen LogP contribution in [0.5, 0.6) is 17.2 Å². The maximum Gasteiger partial charge on any atom is 0.355 e. The van der Waals surface area contributed by atoms with Gasteiger partial charge in [0.25, 0.3) is 0 Å². The minimum Gasteiger partial charge on any atom is -0.493 e. The average Bonchev–Trinajstić information content (AvgIpc) is 3.05. The molecule has 2 aromatic carbocycles. The number of carbonyl (C=O) groups is 1.